The second-order valence-corrected chi connectivity index (χ2v) is 21.6. The highest BCUT2D eigenvalue weighted by Crippen LogP contribution is 2.16. The molecule has 0 saturated carbocycles. The molecular weight excluding hydrogens is 947 g/mol. The summed E-state index contributed by atoms with van der Waals surface area (Å²) in [4.78, 5) is 37.3. The zero-order chi connectivity index (χ0) is 55.5. The molecule has 436 valence electrons. The minimum absolute atomic E-state index is 0.185. The second kappa shape index (κ2) is 57.4. The quantitative estimate of drug-likeness (QED) is 0.0211. The van der Waals surface area contributed by atoms with E-state index in [1.807, 2.05) is 21.1 Å². The Hall–Kier alpha value is -3.79. The Bertz CT molecular complexity index is 1570. The summed E-state index contributed by atoms with van der Waals surface area (Å²) in [5.74, 6) is -2.02. The van der Waals surface area contributed by atoms with Gasteiger partial charge in [-0.15, -0.1) is 0 Å². The summed E-state index contributed by atoms with van der Waals surface area (Å²) in [7, 11) is 5.96. The van der Waals surface area contributed by atoms with Gasteiger partial charge in [0.2, 0.25) is 0 Å². The van der Waals surface area contributed by atoms with Crippen molar-refractivity contribution >= 4 is 17.9 Å². The van der Waals surface area contributed by atoms with Crippen molar-refractivity contribution < 1.29 is 42.9 Å². The fourth-order valence-corrected chi connectivity index (χ4v) is 8.34. The van der Waals surface area contributed by atoms with Gasteiger partial charge in [0, 0.05) is 12.8 Å². The van der Waals surface area contributed by atoms with Crippen LogP contribution in [0.3, 0.4) is 0 Å². The van der Waals surface area contributed by atoms with E-state index in [0.717, 1.165) is 103 Å². The number of hydrogen-bond acceptors (Lipinski definition) is 7. The average molecular weight is 1060 g/mol. The van der Waals surface area contributed by atoms with Crippen molar-refractivity contribution in [2.45, 2.75) is 264 Å². The molecule has 1 N–H and O–H groups in total. The molecule has 9 heteroatoms. The van der Waals surface area contributed by atoms with Gasteiger partial charge in [0.15, 0.2) is 6.10 Å². The standard InChI is InChI=1S/C67H115NO8/c1-6-8-10-12-14-16-18-20-21-22-23-24-25-26-27-28-29-30-31-32-33-34-35-36-37-38-39-40-41-42-43-44-45-46-48-50-52-54-56-58-65(70)76-63(62-75-67(66(71)72)73-60-59-68(3,4)5)61-74-64(69)57-55-53-51-49-47-19-17-15-13-11-9-7-2/h8,10,14-17,20-21,23-24,26-27,29-30,32-33,63,67H,6-7,9,11-13,18-19,22,25,28,31,34-62H2,1-5H3/p+1/b10-8-,16-14-,17-15-,21-20-,24-23-,27-26-,30-29-,33-32-. The van der Waals surface area contributed by atoms with Crippen LogP contribution in [0.5, 0.6) is 0 Å². The molecule has 0 aliphatic carbocycles. The van der Waals surface area contributed by atoms with E-state index in [4.69, 9.17) is 18.9 Å². The van der Waals surface area contributed by atoms with Crippen molar-refractivity contribution in [2.24, 2.45) is 0 Å². The van der Waals surface area contributed by atoms with Crippen molar-refractivity contribution in [3.63, 3.8) is 0 Å². The molecule has 0 amide bonds. The lowest BCUT2D eigenvalue weighted by atomic mass is 10.0. The molecule has 0 aliphatic heterocycles. The van der Waals surface area contributed by atoms with E-state index in [1.165, 1.54) is 122 Å². The van der Waals surface area contributed by atoms with Gasteiger partial charge < -0.3 is 28.5 Å². The molecule has 2 atom stereocenters. The molecule has 9 nitrogen and oxygen atoms in total. The van der Waals surface area contributed by atoms with E-state index in [0.29, 0.717) is 17.4 Å². The van der Waals surface area contributed by atoms with E-state index in [1.54, 1.807) is 0 Å². The lowest BCUT2D eigenvalue weighted by Gasteiger charge is -2.25. The summed E-state index contributed by atoms with van der Waals surface area (Å²) < 4.78 is 22.8. The molecular formula is C67H116NO8+. The van der Waals surface area contributed by atoms with Crippen LogP contribution in [0.1, 0.15) is 251 Å². The Labute approximate surface area is 467 Å². The van der Waals surface area contributed by atoms with Gasteiger partial charge >= 0.3 is 17.9 Å². The van der Waals surface area contributed by atoms with E-state index in [9.17, 15) is 19.5 Å². The molecule has 0 spiro atoms. The molecule has 0 aromatic heterocycles. The number of esters is 2. The molecule has 0 aromatic rings. The van der Waals surface area contributed by atoms with Crippen molar-refractivity contribution in [2.75, 3.05) is 47.5 Å². The monoisotopic (exact) mass is 1060 g/mol. The smallest absolute Gasteiger partial charge is 0.361 e. The number of rotatable bonds is 56. The number of carboxylic acid groups (broad SMARTS) is 1. The Morgan fingerprint density at radius 3 is 1.13 bits per heavy atom. The molecule has 0 aliphatic rings. The van der Waals surface area contributed by atoms with Gasteiger partial charge in [-0.05, 0) is 96.3 Å². The zero-order valence-electron chi connectivity index (χ0n) is 49.6. The summed E-state index contributed by atoms with van der Waals surface area (Å²) in [5.41, 5.74) is 0. The first kappa shape index (κ1) is 72.2. The van der Waals surface area contributed by atoms with E-state index in [-0.39, 0.29) is 32.2 Å². The highest BCUT2D eigenvalue weighted by atomic mass is 16.7. The number of quaternary nitrogens is 1. The van der Waals surface area contributed by atoms with Gasteiger partial charge in [-0.25, -0.2) is 4.79 Å². The molecule has 0 heterocycles. The molecule has 0 rings (SSSR count). The van der Waals surface area contributed by atoms with Crippen LogP contribution >= 0.6 is 0 Å². The zero-order valence-corrected chi connectivity index (χ0v) is 49.6. The number of likely N-dealkylation sites (N-methyl/N-ethyl adjacent to an activating group) is 1. The van der Waals surface area contributed by atoms with E-state index < -0.39 is 24.3 Å². The van der Waals surface area contributed by atoms with Gasteiger partial charge in [0.1, 0.15) is 13.2 Å². The van der Waals surface area contributed by atoms with E-state index in [2.05, 4.69) is 111 Å². The first-order valence-corrected chi connectivity index (χ1v) is 30.9. The molecule has 2 unspecified atom stereocenters. The van der Waals surface area contributed by atoms with Gasteiger partial charge in [0.25, 0.3) is 6.29 Å². The van der Waals surface area contributed by atoms with E-state index >= 15 is 0 Å². The predicted molar refractivity (Wildman–Crippen MR) is 322 cm³/mol. The third-order valence-electron chi connectivity index (χ3n) is 13.1. The molecule has 0 fully saturated rings. The number of carbonyl (C=O) groups is 3. The highest BCUT2D eigenvalue weighted by Gasteiger charge is 2.25. The Kier molecular flexibility index (Phi) is 54.5. The van der Waals surface area contributed by atoms with Gasteiger partial charge in [-0.1, -0.05) is 239 Å². The van der Waals surface area contributed by atoms with Crippen LogP contribution in [-0.4, -0.2) is 87.4 Å². The SMILES string of the molecule is CC/C=C\C/C=C\C/C=C\C/C=C\C/C=C\C/C=C\C/C=C\CCCCCCCCCCCCCCCCCCCC(=O)OC(COC(=O)CCCCCCC/C=C\CCCCC)COC(OCC[N+](C)(C)C)C(=O)O. The maximum absolute atomic E-state index is 12.9. The Balaban J connectivity index is 4.02. The number of nitrogens with zero attached hydrogens (tertiary/aromatic N) is 1. The number of carboxylic acids is 1. The van der Waals surface area contributed by atoms with Crippen LogP contribution in [0.4, 0.5) is 0 Å². The minimum Gasteiger partial charge on any atom is -0.477 e. The van der Waals surface area contributed by atoms with Crippen LogP contribution in [-0.2, 0) is 33.3 Å². The maximum atomic E-state index is 12.9. The molecule has 76 heavy (non-hydrogen) atoms. The molecule has 0 bridgehead atoms. The Morgan fingerprint density at radius 1 is 0.408 bits per heavy atom. The van der Waals surface area contributed by atoms with Crippen LogP contribution in [0.15, 0.2) is 97.2 Å². The summed E-state index contributed by atoms with van der Waals surface area (Å²) in [6.07, 6.45) is 75.1. The van der Waals surface area contributed by atoms with Gasteiger partial charge in [0.05, 0.1) is 34.4 Å². The number of ether oxygens (including phenoxy) is 4. The summed E-state index contributed by atoms with van der Waals surface area (Å²) in [5, 5.41) is 9.69. The number of unbranched alkanes of at least 4 members (excludes halogenated alkanes) is 25. The van der Waals surface area contributed by atoms with Crippen LogP contribution in [0, 0.1) is 0 Å². The van der Waals surface area contributed by atoms with Crippen LogP contribution in [0.2, 0.25) is 0 Å². The van der Waals surface area contributed by atoms with Crippen molar-refractivity contribution in [3.05, 3.63) is 97.2 Å². The molecule has 0 aromatic carbocycles. The lowest BCUT2D eigenvalue weighted by Crippen LogP contribution is -2.40. The summed E-state index contributed by atoms with van der Waals surface area (Å²) in [6.45, 7) is 4.73. The van der Waals surface area contributed by atoms with Crippen molar-refractivity contribution in [1.82, 2.24) is 0 Å². The fourth-order valence-electron chi connectivity index (χ4n) is 8.34. The number of carbonyl (C=O) groups excluding carboxylic acids is 2. The maximum Gasteiger partial charge on any atom is 0.361 e. The molecule has 0 radical (unpaired) electrons. The number of aliphatic carboxylic acids is 1. The third-order valence-corrected chi connectivity index (χ3v) is 13.1. The third kappa shape index (κ3) is 57.9. The number of allylic oxidation sites excluding steroid dienone is 16. The van der Waals surface area contributed by atoms with Crippen LogP contribution < -0.4 is 0 Å². The summed E-state index contributed by atoms with van der Waals surface area (Å²) in [6, 6.07) is 0. The fraction of sp³-hybridized carbons (Fsp3) is 0.716. The van der Waals surface area contributed by atoms with Crippen molar-refractivity contribution in [3.8, 4) is 0 Å². The number of hydrogen-bond donors (Lipinski definition) is 1. The Morgan fingerprint density at radius 2 is 0.750 bits per heavy atom. The normalized spacial score (nSPS) is 13.4. The van der Waals surface area contributed by atoms with Crippen molar-refractivity contribution in [1.29, 1.82) is 0 Å². The molecule has 0 saturated heterocycles. The second-order valence-electron chi connectivity index (χ2n) is 21.6. The highest BCUT2D eigenvalue weighted by molar-refractivity contribution is 5.71. The summed E-state index contributed by atoms with van der Waals surface area (Å²) >= 11 is 0. The topological polar surface area (TPSA) is 108 Å². The van der Waals surface area contributed by atoms with Gasteiger partial charge in [-0.3, -0.25) is 9.59 Å². The first-order chi connectivity index (χ1) is 37.1. The minimum atomic E-state index is -1.51. The van der Waals surface area contributed by atoms with Gasteiger partial charge in [-0.2, -0.15) is 0 Å². The largest absolute Gasteiger partial charge is 0.477 e. The average Bonchev–Trinajstić information content (AvgIpc) is 3.39. The predicted octanol–water partition coefficient (Wildman–Crippen LogP) is 18.5. The van der Waals surface area contributed by atoms with Crippen LogP contribution in [0.25, 0.3) is 0 Å². The lowest BCUT2D eigenvalue weighted by molar-refractivity contribution is -0.870. The first-order valence-electron chi connectivity index (χ1n) is 30.9.